The van der Waals surface area contributed by atoms with Crippen molar-refractivity contribution >= 4 is 33.2 Å². The molecule has 0 aliphatic heterocycles. The molecule has 1 aromatic rings. The zero-order chi connectivity index (χ0) is 10.7. The van der Waals surface area contributed by atoms with Crippen molar-refractivity contribution in [3.05, 3.63) is 20.8 Å². The average molecular weight is 288 g/mol. The van der Waals surface area contributed by atoms with Crippen molar-refractivity contribution in [3.63, 3.8) is 0 Å². The van der Waals surface area contributed by atoms with Gasteiger partial charge < -0.3 is 5.32 Å². The van der Waals surface area contributed by atoms with Crippen LogP contribution in [0.1, 0.15) is 41.8 Å². The number of thiophene rings is 1. The summed E-state index contributed by atoms with van der Waals surface area (Å²) in [5.41, 5.74) is 0. The van der Waals surface area contributed by atoms with Crippen molar-refractivity contribution in [1.82, 2.24) is 5.32 Å². The molecule has 0 spiro atoms. The Labute approximate surface area is 102 Å². The molecule has 2 nitrogen and oxygen atoms in total. The van der Waals surface area contributed by atoms with Gasteiger partial charge in [0.25, 0.3) is 5.91 Å². The van der Waals surface area contributed by atoms with Crippen molar-refractivity contribution in [1.29, 1.82) is 0 Å². The molecule has 4 heteroatoms. The third kappa shape index (κ3) is 3.05. The highest BCUT2D eigenvalue weighted by molar-refractivity contribution is 9.11. The van der Waals surface area contributed by atoms with Gasteiger partial charge in [0.15, 0.2) is 0 Å². The topological polar surface area (TPSA) is 29.1 Å². The fourth-order valence-corrected chi connectivity index (χ4v) is 3.23. The van der Waals surface area contributed by atoms with Crippen molar-refractivity contribution in [2.75, 3.05) is 0 Å². The quantitative estimate of drug-likeness (QED) is 0.885. The normalized spacial score (nSPS) is 17.7. The van der Waals surface area contributed by atoms with Crippen molar-refractivity contribution in [3.8, 4) is 0 Å². The molecule has 15 heavy (non-hydrogen) atoms. The van der Waals surface area contributed by atoms with E-state index in [-0.39, 0.29) is 5.91 Å². The zero-order valence-corrected chi connectivity index (χ0v) is 10.9. The van der Waals surface area contributed by atoms with Gasteiger partial charge in [0.05, 0.1) is 8.66 Å². The lowest BCUT2D eigenvalue weighted by atomic mass is 9.95. The molecule has 1 amide bonds. The average Bonchev–Trinajstić information content (AvgIpc) is 2.66. The van der Waals surface area contributed by atoms with Crippen LogP contribution in [0.25, 0.3) is 0 Å². The SMILES string of the molecule is O=C(NC1CCCCC1)c1ccc(Br)s1. The van der Waals surface area contributed by atoms with Gasteiger partial charge in [0.2, 0.25) is 0 Å². The van der Waals surface area contributed by atoms with Gasteiger partial charge in [-0.15, -0.1) is 11.3 Å². The van der Waals surface area contributed by atoms with Crippen LogP contribution in [0.4, 0.5) is 0 Å². The van der Waals surface area contributed by atoms with Gasteiger partial charge >= 0.3 is 0 Å². The zero-order valence-electron chi connectivity index (χ0n) is 8.46. The van der Waals surface area contributed by atoms with Crippen LogP contribution in [0.2, 0.25) is 0 Å². The number of hydrogen-bond donors (Lipinski definition) is 1. The van der Waals surface area contributed by atoms with Crippen LogP contribution >= 0.6 is 27.3 Å². The second-order valence-corrected chi connectivity index (χ2v) is 6.38. The lowest BCUT2D eigenvalue weighted by Crippen LogP contribution is -2.35. The Balaban J connectivity index is 1.91. The highest BCUT2D eigenvalue weighted by atomic mass is 79.9. The third-order valence-corrected chi connectivity index (χ3v) is 4.36. The number of nitrogens with one attached hydrogen (secondary N) is 1. The van der Waals surface area contributed by atoms with Crippen LogP contribution in [-0.2, 0) is 0 Å². The predicted molar refractivity (Wildman–Crippen MR) is 66.4 cm³/mol. The van der Waals surface area contributed by atoms with Crippen LogP contribution in [0, 0.1) is 0 Å². The van der Waals surface area contributed by atoms with E-state index >= 15 is 0 Å². The first kappa shape index (κ1) is 11.1. The largest absolute Gasteiger partial charge is 0.349 e. The standard InChI is InChI=1S/C11H14BrNOS/c12-10-7-6-9(15-10)11(14)13-8-4-2-1-3-5-8/h6-8H,1-5H2,(H,13,14). The summed E-state index contributed by atoms with van der Waals surface area (Å²) in [6.07, 6.45) is 6.09. The highest BCUT2D eigenvalue weighted by Gasteiger charge is 2.17. The number of amides is 1. The molecule has 0 aromatic carbocycles. The first-order valence-electron chi connectivity index (χ1n) is 5.32. The first-order chi connectivity index (χ1) is 7.25. The summed E-state index contributed by atoms with van der Waals surface area (Å²) in [4.78, 5) is 12.6. The maximum absolute atomic E-state index is 11.8. The molecule has 1 N–H and O–H groups in total. The van der Waals surface area contributed by atoms with E-state index in [0.717, 1.165) is 21.5 Å². The number of carbonyl (C=O) groups excluding carboxylic acids is 1. The van der Waals surface area contributed by atoms with E-state index in [2.05, 4.69) is 21.2 Å². The van der Waals surface area contributed by atoms with Crippen LogP contribution in [0.3, 0.4) is 0 Å². The van der Waals surface area contributed by atoms with E-state index in [9.17, 15) is 4.79 Å². The van der Waals surface area contributed by atoms with Gasteiger partial charge in [-0.2, -0.15) is 0 Å². The molecule has 1 fully saturated rings. The Bertz CT molecular complexity index is 344. The molecule has 1 saturated carbocycles. The van der Waals surface area contributed by atoms with Crippen LogP contribution in [0.5, 0.6) is 0 Å². The number of hydrogen-bond acceptors (Lipinski definition) is 2. The minimum absolute atomic E-state index is 0.0811. The molecule has 0 radical (unpaired) electrons. The van der Waals surface area contributed by atoms with Gasteiger partial charge in [-0.3, -0.25) is 4.79 Å². The van der Waals surface area contributed by atoms with E-state index in [1.54, 1.807) is 0 Å². The summed E-state index contributed by atoms with van der Waals surface area (Å²) in [5, 5.41) is 3.10. The molecular weight excluding hydrogens is 274 g/mol. The van der Waals surface area contributed by atoms with Crippen LogP contribution < -0.4 is 5.32 Å². The van der Waals surface area contributed by atoms with E-state index in [1.807, 2.05) is 12.1 Å². The number of carbonyl (C=O) groups is 1. The van der Waals surface area contributed by atoms with E-state index in [0.29, 0.717) is 6.04 Å². The van der Waals surface area contributed by atoms with Gasteiger partial charge in [-0.1, -0.05) is 19.3 Å². The molecule has 1 aromatic heterocycles. The fourth-order valence-electron chi connectivity index (χ4n) is 1.94. The summed E-state index contributed by atoms with van der Waals surface area (Å²) in [6.45, 7) is 0. The minimum atomic E-state index is 0.0811. The Morgan fingerprint density at radius 2 is 2.07 bits per heavy atom. The molecule has 82 valence electrons. The summed E-state index contributed by atoms with van der Waals surface area (Å²) >= 11 is 4.85. The summed E-state index contributed by atoms with van der Waals surface area (Å²) in [6, 6.07) is 4.18. The van der Waals surface area contributed by atoms with E-state index in [4.69, 9.17) is 0 Å². The Kier molecular flexibility index (Phi) is 3.81. The number of halogens is 1. The van der Waals surface area contributed by atoms with Gasteiger partial charge in [-0.05, 0) is 40.9 Å². The first-order valence-corrected chi connectivity index (χ1v) is 6.93. The smallest absolute Gasteiger partial charge is 0.261 e. The Morgan fingerprint density at radius 1 is 1.33 bits per heavy atom. The third-order valence-electron chi connectivity index (χ3n) is 2.74. The van der Waals surface area contributed by atoms with Crippen molar-refractivity contribution in [2.24, 2.45) is 0 Å². The molecule has 1 aliphatic carbocycles. The lowest BCUT2D eigenvalue weighted by molar-refractivity contribution is 0.0932. The van der Waals surface area contributed by atoms with E-state index in [1.165, 1.54) is 30.6 Å². The van der Waals surface area contributed by atoms with Gasteiger partial charge in [0, 0.05) is 6.04 Å². The summed E-state index contributed by atoms with van der Waals surface area (Å²) in [5.74, 6) is 0.0811. The predicted octanol–water partition coefficient (Wildman–Crippen LogP) is 3.57. The van der Waals surface area contributed by atoms with Crippen molar-refractivity contribution in [2.45, 2.75) is 38.1 Å². The van der Waals surface area contributed by atoms with Crippen LogP contribution in [0.15, 0.2) is 15.9 Å². The Hall–Kier alpha value is -0.350. The second kappa shape index (κ2) is 5.12. The molecule has 0 bridgehead atoms. The monoisotopic (exact) mass is 287 g/mol. The molecule has 1 heterocycles. The Morgan fingerprint density at radius 3 is 2.67 bits per heavy atom. The maximum atomic E-state index is 11.8. The minimum Gasteiger partial charge on any atom is -0.349 e. The molecule has 2 rings (SSSR count). The summed E-state index contributed by atoms with van der Waals surface area (Å²) in [7, 11) is 0. The van der Waals surface area contributed by atoms with E-state index < -0.39 is 0 Å². The maximum Gasteiger partial charge on any atom is 0.261 e. The molecule has 1 aliphatic rings. The molecule has 0 saturated heterocycles. The van der Waals surface area contributed by atoms with Crippen molar-refractivity contribution < 1.29 is 4.79 Å². The lowest BCUT2D eigenvalue weighted by Gasteiger charge is -2.22. The fraction of sp³-hybridized carbons (Fsp3) is 0.545. The second-order valence-electron chi connectivity index (χ2n) is 3.91. The number of rotatable bonds is 2. The summed E-state index contributed by atoms with van der Waals surface area (Å²) < 4.78 is 1.01. The van der Waals surface area contributed by atoms with Crippen LogP contribution in [-0.4, -0.2) is 11.9 Å². The van der Waals surface area contributed by atoms with Gasteiger partial charge in [0.1, 0.15) is 0 Å². The molecule has 0 unspecified atom stereocenters. The molecule has 0 atom stereocenters. The van der Waals surface area contributed by atoms with Gasteiger partial charge in [-0.25, -0.2) is 0 Å². The highest BCUT2D eigenvalue weighted by Crippen LogP contribution is 2.23. The molecular formula is C11H14BrNOS.